The molecule has 0 saturated heterocycles. The summed E-state index contributed by atoms with van der Waals surface area (Å²) in [5.74, 6) is 0.0963. The predicted octanol–water partition coefficient (Wildman–Crippen LogP) is 3.68. The number of hydrogen-bond acceptors (Lipinski definition) is 2. The molecule has 88 valence electrons. The lowest BCUT2D eigenvalue weighted by molar-refractivity contribution is -0.125. The van der Waals surface area contributed by atoms with E-state index in [1.165, 1.54) is 39.0 Å². The molecule has 0 aliphatic carbocycles. The van der Waals surface area contributed by atoms with E-state index < -0.39 is 0 Å². The second kappa shape index (κ2) is 9.88. The third-order valence-electron chi connectivity index (χ3n) is 2.51. The summed E-state index contributed by atoms with van der Waals surface area (Å²) in [5.41, 5.74) is 0. The Morgan fingerprint density at radius 2 is 1.40 bits per heavy atom. The Bertz CT molecular complexity index is 185. The molecule has 0 N–H and O–H groups in total. The second-order valence-electron chi connectivity index (χ2n) is 4.29. The van der Waals surface area contributed by atoms with Gasteiger partial charge in [0, 0.05) is 6.42 Å². The average Bonchev–Trinajstić information content (AvgIpc) is 2.15. The largest absolute Gasteiger partial charge is 0.300 e. The van der Waals surface area contributed by atoms with Crippen molar-refractivity contribution in [2.24, 2.45) is 0 Å². The van der Waals surface area contributed by atoms with E-state index in [2.05, 4.69) is 6.92 Å². The quantitative estimate of drug-likeness (QED) is 0.409. The molecule has 0 aromatic rings. The zero-order valence-electron chi connectivity index (χ0n) is 10.2. The van der Waals surface area contributed by atoms with E-state index in [4.69, 9.17) is 0 Å². The number of hydrogen-bond donors (Lipinski definition) is 0. The fourth-order valence-electron chi connectivity index (χ4n) is 1.65. The molecule has 0 unspecified atom stereocenters. The van der Waals surface area contributed by atoms with Crippen molar-refractivity contribution in [2.45, 2.75) is 71.6 Å². The molecule has 15 heavy (non-hydrogen) atoms. The molecule has 0 saturated carbocycles. The molecule has 2 heteroatoms. The van der Waals surface area contributed by atoms with Crippen molar-refractivity contribution in [3.05, 3.63) is 0 Å². The van der Waals surface area contributed by atoms with Gasteiger partial charge < -0.3 is 0 Å². The lowest BCUT2D eigenvalue weighted by Gasteiger charge is -2.00. The van der Waals surface area contributed by atoms with Gasteiger partial charge in [-0.1, -0.05) is 45.4 Å². The normalized spacial score (nSPS) is 10.3. The van der Waals surface area contributed by atoms with Gasteiger partial charge in [-0.3, -0.25) is 9.59 Å². The van der Waals surface area contributed by atoms with E-state index in [9.17, 15) is 9.59 Å². The first kappa shape index (κ1) is 14.3. The van der Waals surface area contributed by atoms with Crippen molar-refractivity contribution < 1.29 is 9.59 Å². The van der Waals surface area contributed by atoms with Crippen molar-refractivity contribution in [1.82, 2.24) is 0 Å². The van der Waals surface area contributed by atoms with E-state index in [1.54, 1.807) is 0 Å². The Kier molecular flexibility index (Phi) is 9.44. The van der Waals surface area contributed by atoms with E-state index in [-0.39, 0.29) is 18.0 Å². The van der Waals surface area contributed by atoms with Gasteiger partial charge in [0.15, 0.2) is 0 Å². The van der Waals surface area contributed by atoms with Crippen LogP contribution in [0.4, 0.5) is 0 Å². The lowest BCUT2D eigenvalue weighted by Crippen LogP contribution is -2.03. The van der Waals surface area contributed by atoms with Crippen LogP contribution in [-0.2, 0) is 9.59 Å². The maximum Gasteiger partial charge on any atom is 0.140 e. The lowest BCUT2D eigenvalue weighted by atomic mass is 10.1. The Balaban J connectivity index is 3.16. The third-order valence-corrected chi connectivity index (χ3v) is 2.51. The molecule has 0 rings (SSSR count). The van der Waals surface area contributed by atoms with Gasteiger partial charge in [0.2, 0.25) is 0 Å². The van der Waals surface area contributed by atoms with Gasteiger partial charge in [-0.15, -0.1) is 0 Å². The summed E-state index contributed by atoms with van der Waals surface area (Å²) in [7, 11) is 0. The first-order valence-corrected chi connectivity index (χ1v) is 6.18. The minimum absolute atomic E-state index is 0.0112. The molecule has 0 spiro atoms. The van der Waals surface area contributed by atoms with Crippen molar-refractivity contribution in [1.29, 1.82) is 0 Å². The van der Waals surface area contributed by atoms with Crippen LogP contribution in [-0.4, -0.2) is 11.6 Å². The highest BCUT2D eigenvalue weighted by molar-refractivity contribution is 5.97. The van der Waals surface area contributed by atoms with Crippen molar-refractivity contribution in [2.75, 3.05) is 0 Å². The molecule has 0 heterocycles. The summed E-state index contributed by atoms with van der Waals surface area (Å²) in [4.78, 5) is 21.8. The summed E-state index contributed by atoms with van der Waals surface area (Å²) in [6, 6.07) is 0. The number of unbranched alkanes of at least 4 members (excludes halogenated alkanes) is 6. The van der Waals surface area contributed by atoms with Crippen LogP contribution in [0.1, 0.15) is 71.6 Å². The van der Waals surface area contributed by atoms with Crippen LogP contribution < -0.4 is 0 Å². The molecule has 0 aromatic carbocycles. The highest BCUT2D eigenvalue weighted by Crippen LogP contribution is 2.09. The maximum atomic E-state index is 11.2. The van der Waals surface area contributed by atoms with Gasteiger partial charge in [-0.2, -0.15) is 0 Å². The van der Waals surface area contributed by atoms with Crippen molar-refractivity contribution in [3.63, 3.8) is 0 Å². The summed E-state index contributed by atoms with van der Waals surface area (Å²) in [5, 5.41) is 0. The monoisotopic (exact) mass is 212 g/mol. The fraction of sp³-hybridized carbons (Fsp3) is 0.846. The smallest absolute Gasteiger partial charge is 0.140 e. The zero-order valence-corrected chi connectivity index (χ0v) is 10.2. The average molecular weight is 212 g/mol. The van der Waals surface area contributed by atoms with Crippen LogP contribution in [0.3, 0.4) is 0 Å². The summed E-state index contributed by atoms with van der Waals surface area (Å²) < 4.78 is 0. The molecule has 0 aromatic heterocycles. The summed E-state index contributed by atoms with van der Waals surface area (Å²) >= 11 is 0. The molecule has 0 amide bonds. The first-order valence-electron chi connectivity index (χ1n) is 6.18. The standard InChI is InChI=1S/C13H24O2/c1-3-4-5-6-7-8-9-10-13(15)11-12(2)14/h3-11H2,1-2H3. The van der Waals surface area contributed by atoms with E-state index in [0.29, 0.717) is 6.42 Å². The van der Waals surface area contributed by atoms with Gasteiger partial charge in [0.25, 0.3) is 0 Å². The molecule has 0 aliphatic rings. The minimum Gasteiger partial charge on any atom is -0.300 e. The van der Waals surface area contributed by atoms with Crippen molar-refractivity contribution >= 4 is 11.6 Å². The summed E-state index contributed by atoms with van der Waals surface area (Å²) in [6.45, 7) is 3.68. The number of carbonyl (C=O) groups excluding carboxylic acids is 2. The zero-order chi connectivity index (χ0) is 11.5. The van der Waals surface area contributed by atoms with Crippen LogP contribution in [0.15, 0.2) is 0 Å². The Labute approximate surface area is 93.4 Å². The highest BCUT2D eigenvalue weighted by atomic mass is 16.1. The highest BCUT2D eigenvalue weighted by Gasteiger charge is 2.04. The Hall–Kier alpha value is -0.660. The Morgan fingerprint density at radius 3 is 1.93 bits per heavy atom. The third kappa shape index (κ3) is 11.3. The number of ketones is 2. The molecule has 0 bridgehead atoms. The van der Waals surface area contributed by atoms with E-state index >= 15 is 0 Å². The molecule has 0 radical (unpaired) electrons. The van der Waals surface area contributed by atoms with Crippen LogP contribution >= 0.6 is 0 Å². The summed E-state index contributed by atoms with van der Waals surface area (Å²) in [6.07, 6.45) is 9.25. The van der Waals surface area contributed by atoms with Crippen LogP contribution in [0.5, 0.6) is 0 Å². The Morgan fingerprint density at radius 1 is 0.867 bits per heavy atom. The van der Waals surface area contributed by atoms with Gasteiger partial charge in [-0.25, -0.2) is 0 Å². The van der Waals surface area contributed by atoms with Gasteiger partial charge in [0.1, 0.15) is 11.6 Å². The van der Waals surface area contributed by atoms with Gasteiger partial charge >= 0.3 is 0 Å². The van der Waals surface area contributed by atoms with Gasteiger partial charge in [-0.05, 0) is 13.3 Å². The van der Waals surface area contributed by atoms with Crippen molar-refractivity contribution in [3.8, 4) is 0 Å². The predicted molar refractivity (Wildman–Crippen MR) is 62.9 cm³/mol. The molecular formula is C13H24O2. The molecule has 2 nitrogen and oxygen atoms in total. The number of rotatable bonds is 10. The molecular weight excluding hydrogens is 188 g/mol. The first-order chi connectivity index (χ1) is 7.16. The molecule has 0 fully saturated rings. The minimum atomic E-state index is -0.0112. The van der Waals surface area contributed by atoms with Crippen LogP contribution in [0.2, 0.25) is 0 Å². The van der Waals surface area contributed by atoms with Crippen LogP contribution in [0, 0.1) is 0 Å². The number of carbonyl (C=O) groups is 2. The van der Waals surface area contributed by atoms with E-state index in [1.807, 2.05) is 0 Å². The van der Waals surface area contributed by atoms with Crippen LogP contribution in [0.25, 0.3) is 0 Å². The topological polar surface area (TPSA) is 34.1 Å². The SMILES string of the molecule is CCCCCCCCCC(=O)CC(C)=O. The van der Waals surface area contributed by atoms with Gasteiger partial charge in [0.05, 0.1) is 6.42 Å². The van der Waals surface area contributed by atoms with E-state index in [0.717, 1.165) is 12.8 Å². The number of Topliss-reactive ketones (excluding diaryl/α,β-unsaturated/α-hetero) is 2. The maximum absolute atomic E-state index is 11.2. The molecule has 0 atom stereocenters. The fourth-order valence-corrected chi connectivity index (χ4v) is 1.65. The molecule has 0 aliphatic heterocycles. The second-order valence-corrected chi connectivity index (χ2v) is 4.29.